The number of carbonyl (C=O) groups is 2. The van der Waals surface area contributed by atoms with Gasteiger partial charge in [-0.3, -0.25) is 0 Å². The molecule has 3 aromatic carbocycles. The summed E-state index contributed by atoms with van der Waals surface area (Å²) in [6.07, 6.45) is -11.7. The molecule has 2 atom stereocenters. The number of carboxylic acids is 2. The first kappa shape index (κ1) is 31.4. The fourth-order valence-corrected chi connectivity index (χ4v) is 6.40. The van der Waals surface area contributed by atoms with Gasteiger partial charge in [0.2, 0.25) is 11.9 Å². The van der Waals surface area contributed by atoms with Crippen molar-refractivity contribution < 1.29 is 61.1 Å². The predicted octanol–water partition coefficient (Wildman–Crippen LogP) is 2.69. The second kappa shape index (κ2) is 11.0. The number of aromatic carboxylic acids is 2. The molecule has 0 saturated carbocycles. The Morgan fingerprint density at radius 1 is 0.848 bits per heavy atom. The zero-order valence-electron chi connectivity index (χ0n) is 23.6. The summed E-state index contributed by atoms with van der Waals surface area (Å²) < 4.78 is 87.9. The Bertz CT molecular complexity index is 1920. The Morgan fingerprint density at radius 3 is 2.22 bits per heavy atom. The molecule has 3 aromatic rings. The minimum atomic E-state index is -4.63. The number of halogens is 6. The van der Waals surface area contributed by atoms with Gasteiger partial charge in [-0.15, -0.1) is 0 Å². The number of aliphatic hydroxyl groups is 2. The van der Waals surface area contributed by atoms with Crippen LogP contribution in [0.2, 0.25) is 0 Å². The summed E-state index contributed by atoms with van der Waals surface area (Å²) in [5.74, 6) is -2.91. The van der Waals surface area contributed by atoms with Crippen molar-refractivity contribution in [1.29, 1.82) is 0 Å². The van der Waals surface area contributed by atoms with Gasteiger partial charge in [0.15, 0.2) is 6.54 Å². The highest BCUT2D eigenvalue weighted by atomic mass is 19.4. The Hall–Kier alpha value is -4.63. The number of fused-ring (bicyclic) bond motifs is 4. The maximum atomic E-state index is 13.5. The summed E-state index contributed by atoms with van der Waals surface area (Å²) in [7, 11) is 0. The highest BCUT2D eigenvalue weighted by molar-refractivity contribution is 6.01. The van der Waals surface area contributed by atoms with Gasteiger partial charge in [0.1, 0.15) is 24.1 Å². The van der Waals surface area contributed by atoms with Crippen molar-refractivity contribution in [2.24, 2.45) is 0 Å². The van der Waals surface area contributed by atoms with E-state index in [1.807, 2.05) is 0 Å². The third-order valence-electron chi connectivity index (χ3n) is 8.08. The standard InChI is InChI=1S/C31H24F6N2O7/c32-30(33,34)12-38-10-17(40)3-15-6-21-25(8-23(15)38)46-26-9-24-16(4-18(41)11-39(24)13-31(35,36)37)7-22(26)27(21)20-5-14(28(42)43)1-2-19(20)29(44)45/h1-2,5-9,17-18,40-41H,3-4,10-13H2,(H-,42,43,44,45)/p+1. The number of ether oxygens (including phenoxy) is 1. The molecule has 15 heteroatoms. The number of benzene rings is 3. The summed E-state index contributed by atoms with van der Waals surface area (Å²) in [6, 6.07) is 8.77. The number of aliphatic hydroxyl groups excluding tert-OH is 2. The average Bonchev–Trinajstić information content (AvgIpc) is 2.92. The quantitative estimate of drug-likeness (QED) is 0.192. The number of carboxylic acid groups (broad SMARTS) is 2. The molecule has 0 spiro atoms. The van der Waals surface area contributed by atoms with E-state index in [0.717, 1.165) is 27.7 Å². The van der Waals surface area contributed by atoms with Crippen LogP contribution in [-0.4, -0.2) is 83.1 Å². The lowest BCUT2D eigenvalue weighted by molar-refractivity contribution is -0.130. The van der Waals surface area contributed by atoms with Gasteiger partial charge in [-0.2, -0.15) is 26.3 Å². The molecule has 4 N–H and O–H groups in total. The van der Waals surface area contributed by atoms with Crippen LogP contribution in [0.15, 0.2) is 42.5 Å². The summed E-state index contributed by atoms with van der Waals surface area (Å²) in [5.41, 5.74) is 0.215. The first-order valence-electron chi connectivity index (χ1n) is 14.0. The van der Waals surface area contributed by atoms with Crippen LogP contribution in [0, 0.1) is 0 Å². The molecule has 3 heterocycles. The molecule has 6 rings (SSSR count). The highest BCUT2D eigenvalue weighted by Crippen LogP contribution is 2.43. The molecular weight excluding hydrogens is 626 g/mol. The molecule has 0 saturated heterocycles. The van der Waals surface area contributed by atoms with Crippen molar-refractivity contribution in [2.45, 2.75) is 37.4 Å². The first-order valence-corrected chi connectivity index (χ1v) is 14.0. The Balaban J connectivity index is 1.70. The fourth-order valence-electron chi connectivity index (χ4n) is 6.40. The van der Waals surface area contributed by atoms with Crippen LogP contribution in [0.5, 0.6) is 11.5 Å². The van der Waals surface area contributed by atoms with Crippen molar-refractivity contribution in [3.8, 4) is 11.5 Å². The smallest absolute Gasteiger partial charge is 0.448 e. The monoisotopic (exact) mass is 651 g/mol. The van der Waals surface area contributed by atoms with Gasteiger partial charge < -0.3 is 30.1 Å². The Labute approximate surface area is 255 Å². The molecule has 3 aliphatic heterocycles. The normalized spacial score (nSPS) is 19.1. The number of nitrogens with zero attached hydrogens (tertiary/aromatic N) is 2. The number of alkyl halides is 6. The Kier molecular flexibility index (Phi) is 7.51. The Morgan fingerprint density at radius 2 is 1.57 bits per heavy atom. The van der Waals surface area contributed by atoms with Crippen LogP contribution < -0.4 is 24.8 Å². The zero-order chi connectivity index (χ0) is 33.3. The van der Waals surface area contributed by atoms with Gasteiger partial charge in [0, 0.05) is 53.1 Å². The van der Waals surface area contributed by atoms with Gasteiger partial charge >= 0.3 is 24.3 Å². The molecule has 0 aromatic heterocycles. The lowest BCUT2D eigenvalue weighted by Gasteiger charge is -2.36. The van der Waals surface area contributed by atoms with E-state index in [0.29, 0.717) is 0 Å². The van der Waals surface area contributed by atoms with Gasteiger partial charge in [0.25, 0.3) is 0 Å². The van der Waals surface area contributed by atoms with Crippen LogP contribution in [0.25, 0.3) is 5.57 Å². The van der Waals surface area contributed by atoms with Crippen LogP contribution in [0.3, 0.4) is 0 Å². The van der Waals surface area contributed by atoms with E-state index in [4.69, 9.17) is 4.74 Å². The van der Waals surface area contributed by atoms with E-state index in [1.54, 1.807) is 0 Å². The molecule has 9 nitrogen and oxygen atoms in total. The minimum Gasteiger partial charge on any atom is -0.478 e. The molecule has 0 amide bonds. The third kappa shape index (κ3) is 5.99. The van der Waals surface area contributed by atoms with Gasteiger partial charge in [0.05, 0.1) is 23.3 Å². The SMILES string of the molecule is O=C(O)c1ccc(C(=O)O)c(C2=c3cc4c(cc3Oc3cc5c(cc32)CC(O)CN5CC(F)(F)F)=[N+](CC(F)(F)F)CC(O)C4)c1. The highest BCUT2D eigenvalue weighted by Gasteiger charge is 2.39. The van der Waals surface area contributed by atoms with Crippen LogP contribution >= 0.6 is 0 Å². The van der Waals surface area contributed by atoms with E-state index in [-0.39, 0.29) is 92.6 Å². The maximum Gasteiger partial charge on any atom is 0.448 e. The number of anilines is 1. The first-order chi connectivity index (χ1) is 21.5. The second-order valence-electron chi connectivity index (χ2n) is 11.5. The maximum absolute atomic E-state index is 13.5. The average molecular weight is 652 g/mol. The van der Waals surface area contributed by atoms with Crippen molar-refractivity contribution in [3.63, 3.8) is 0 Å². The second-order valence-corrected chi connectivity index (χ2v) is 11.5. The molecule has 46 heavy (non-hydrogen) atoms. The van der Waals surface area contributed by atoms with Gasteiger partial charge in [-0.1, -0.05) is 0 Å². The molecule has 0 aliphatic carbocycles. The molecule has 0 fully saturated rings. The number of hydrogen-bond donors (Lipinski definition) is 4. The van der Waals surface area contributed by atoms with E-state index in [1.165, 1.54) is 24.3 Å². The van der Waals surface area contributed by atoms with Gasteiger partial charge in [-0.05, 0) is 41.5 Å². The number of rotatable bonds is 5. The lowest BCUT2D eigenvalue weighted by Crippen LogP contribution is -2.48. The van der Waals surface area contributed by atoms with E-state index >= 15 is 0 Å². The molecule has 2 unspecified atom stereocenters. The summed E-state index contributed by atoms with van der Waals surface area (Å²) in [5, 5.41) is 40.9. The van der Waals surface area contributed by atoms with E-state index in [9.17, 15) is 56.4 Å². The summed E-state index contributed by atoms with van der Waals surface area (Å²) in [6.45, 7) is -3.47. The largest absolute Gasteiger partial charge is 0.478 e. The van der Waals surface area contributed by atoms with Crippen molar-refractivity contribution in [2.75, 3.05) is 31.1 Å². The molecule has 242 valence electrons. The van der Waals surface area contributed by atoms with Gasteiger partial charge in [-0.25, -0.2) is 14.2 Å². The minimum absolute atomic E-state index is 0.0547. The number of hydrogen-bond acceptors (Lipinski definition) is 6. The van der Waals surface area contributed by atoms with E-state index in [2.05, 4.69) is 0 Å². The summed E-state index contributed by atoms with van der Waals surface area (Å²) >= 11 is 0. The predicted molar refractivity (Wildman–Crippen MR) is 149 cm³/mol. The van der Waals surface area contributed by atoms with Crippen LogP contribution in [-0.2, 0) is 12.8 Å². The lowest BCUT2D eigenvalue weighted by atomic mass is 9.85. The zero-order valence-corrected chi connectivity index (χ0v) is 23.6. The number of β-amino-alcohol motifs (C(OH)–C–C–N with tert-alkyl or cyclic N) is 2. The molecule has 3 aliphatic rings. The fraction of sp³-hybridized carbons (Fsp3) is 0.323. The molecule has 0 radical (unpaired) electrons. The summed E-state index contributed by atoms with van der Waals surface area (Å²) in [4.78, 5) is 25.2. The van der Waals surface area contributed by atoms with Crippen molar-refractivity contribution in [3.05, 3.63) is 86.4 Å². The molecule has 0 bridgehead atoms. The van der Waals surface area contributed by atoms with Crippen LogP contribution in [0.1, 0.15) is 43.0 Å². The molecular formula is C31H25F6N2O7+. The van der Waals surface area contributed by atoms with Crippen molar-refractivity contribution in [1.82, 2.24) is 4.58 Å². The van der Waals surface area contributed by atoms with Crippen molar-refractivity contribution >= 4 is 23.2 Å². The topological polar surface area (TPSA) is 131 Å². The third-order valence-corrected chi connectivity index (χ3v) is 8.08. The van der Waals surface area contributed by atoms with Crippen LogP contribution in [0.4, 0.5) is 32.0 Å². The van der Waals surface area contributed by atoms with E-state index < -0.39 is 49.6 Å².